The van der Waals surface area contributed by atoms with Gasteiger partial charge in [-0.1, -0.05) is 59.6 Å². The van der Waals surface area contributed by atoms with Gasteiger partial charge in [0.15, 0.2) is 0 Å². The number of aliphatic hydroxyl groups is 1. The zero-order chi connectivity index (χ0) is 46.6. The third-order valence-electron chi connectivity index (χ3n) is 11.2. The van der Waals surface area contributed by atoms with E-state index in [2.05, 4.69) is 45.9 Å². The summed E-state index contributed by atoms with van der Waals surface area (Å²) in [6, 6.07) is 22.2. The fraction of sp³-hybridized carbons (Fsp3) is 0.275. The standard InChI is InChI=1S/C51H51Cl2N5O8/c1-32-38(29-65-49-17-47(63-27-36-13-34(19-54-3)21-56-23-36)40(15-44(49)52)25-58-11-12-62-31-46(58)51(60)61)7-5-9-42(32)43-10-6-8-39(33(43)2)30-66-50-18-48(41(26-59)16-45(50)53)64-28-37-14-35(20-55-4)22-57-24-37/h5-10,13-24,46,59H,11-12,25-31H2,1-4H3,(H,60,61)/b54-19+,55-20+/t46-/m1/s1. The summed E-state index contributed by atoms with van der Waals surface area (Å²) in [6.45, 7) is 5.97. The first-order chi connectivity index (χ1) is 32.0. The highest BCUT2D eigenvalue weighted by Crippen LogP contribution is 2.38. The van der Waals surface area contributed by atoms with Gasteiger partial charge in [-0.15, -0.1) is 0 Å². The number of halogens is 2. The molecule has 66 heavy (non-hydrogen) atoms. The number of carbonyl (C=O) groups is 1. The van der Waals surface area contributed by atoms with E-state index in [1.54, 1.807) is 75.6 Å². The second kappa shape index (κ2) is 22.7. The highest BCUT2D eigenvalue weighted by atomic mass is 35.5. The molecule has 7 rings (SSSR count). The molecule has 0 unspecified atom stereocenters. The number of nitrogens with zero attached hydrogens (tertiary/aromatic N) is 5. The Bertz CT molecular complexity index is 2730. The van der Waals surface area contributed by atoms with Crippen LogP contribution >= 0.6 is 23.2 Å². The molecule has 0 saturated carbocycles. The van der Waals surface area contributed by atoms with Crippen molar-refractivity contribution in [3.05, 3.63) is 163 Å². The largest absolute Gasteiger partial charge is 0.488 e. The maximum absolute atomic E-state index is 12.1. The Labute approximate surface area is 394 Å². The number of carboxylic acids is 1. The predicted octanol–water partition coefficient (Wildman–Crippen LogP) is 9.26. The minimum absolute atomic E-state index is 0.0889. The molecule has 1 atom stereocenters. The Morgan fingerprint density at radius 2 is 1.21 bits per heavy atom. The van der Waals surface area contributed by atoms with E-state index >= 15 is 0 Å². The SMILES string of the molecule is C/N=C/c1cncc(COc2cc(OCc3cccc(-c4cccc(COc5cc(OCc6cncc(/C=N/C)c6)c(CN6CCOC[C@@H]6C(=O)O)cc5Cl)c4C)c3C)c(Cl)cc2CO)c1. The van der Waals surface area contributed by atoms with Crippen molar-refractivity contribution in [1.29, 1.82) is 0 Å². The predicted molar refractivity (Wildman–Crippen MR) is 256 cm³/mol. The number of hydrogen-bond acceptors (Lipinski definition) is 12. The van der Waals surface area contributed by atoms with Crippen molar-refractivity contribution in [2.24, 2.45) is 9.98 Å². The normalized spacial score (nSPS) is 14.2. The van der Waals surface area contributed by atoms with E-state index in [9.17, 15) is 15.0 Å². The molecule has 0 bridgehead atoms. The summed E-state index contributed by atoms with van der Waals surface area (Å²) in [7, 11) is 3.40. The molecule has 1 saturated heterocycles. The van der Waals surface area contributed by atoms with Gasteiger partial charge in [0, 0.05) is 110 Å². The lowest BCUT2D eigenvalue weighted by Gasteiger charge is -2.33. The minimum Gasteiger partial charge on any atom is -0.488 e. The number of pyridine rings is 2. The van der Waals surface area contributed by atoms with Crippen LogP contribution in [0, 0.1) is 13.8 Å². The first kappa shape index (κ1) is 47.6. The maximum atomic E-state index is 12.1. The van der Waals surface area contributed by atoms with Gasteiger partial charge in [0.25, 0.3) is 0 Å². The number of benzene rings is 4. The summed E-state index contributed by atoms with van der Waals surface area (Å²) in [5, 5.41) is 20.7. The summed E-state index contributed by atoms with van der Waals surface area (Å²) in [6.07, 6.45) is 10.3. The summed E-state index contributed by atoms with van der Waals surface area (Å²) in [5.41, 5.74) is 10.7. The molecule has 13 nitrogen and oxygen atoms in total. The van der Waals surface area contributed by atoms with E-state index in [0.29, 0.717) is 57.3 Å². The molecule has 15 heteroatoms. The highest BCUT2D eigenvalue weighted by molar-refractivity contribution is 6.32. The smallest absolute Gasteiger partial charge is 0.323 e. The van der Waals surface area contributed by atoms with E-state index in [0.717, 1.165) is 55.6 Å². The van der Waals surface area contributed by atoms with Gasteiger partial charge >= 0.3 is 5.97 Å². The van der Waals surface area contributed by atoms with Crippen molar-refractivity contribution >= 4 is 41.6 Å². The highest BCUT2D eigenvalue weighted by Gasteiger charge is 2.30. The molecule has 2 aromatic heterocycles. The van der Waals surface area contributed by atoms with Crippen LogP contribution in [0.25, 0.3) is 11.1 Å². The average Bonchev–Trinajstić information content (AvgIpc) is 3.31. The Morgan fingerprint density at radius 1 is 0.712 bits per heavy atom. The number of aliphatic carboxylic acids is 1. The third-order valence-corrected chi connectivity index (χ3v) is 11.8. The van der Waals surface area contributed by atoms with Crippen molar-refractivity contribution in [3.8, 4) is 34.1 Å². The molecule has 342 valence electrons. The lowest BCUT2D eigenvalue weighted by Crippen LogP contribution is -2.49. The van der Waals surface area contributed by atoms with Crippen LogP contribution in [-0.4, -0.2) is 83.4 Å². The van der Waals surface area contributed by atoms with E-state index < -0.39 is 12.0 Å². The van der Waals surface area contributed by atoms with Crippen LogP contribution in [0.2, 0.25) is 10.0 Å². The van der Waals surface area contributed by atoms with Gasteiger partial charge in [-0.2, -0.15) is 0 Å². The average molecular weight is 933 g/mol. The summed E-state index contributed by atoms with van der Waals surface area (Å²) in [4.78, 5) is 30.7. The molecule has 0 amide bonds. The lowest BCUT2D eigenvalue weighted by atomic mass is 9.92. The summed E-state index contributed by atoms with van der Waals surface area (Å²) < 4.78 is 30.8. The lowest BCUT2D eigenvalue weighted by molar-refractivity contribution is -0.150. The molecule has 0 radical (unpaired) electrons. The van der Waals surface area contributed by atoms with Gasteiger partial charge in [0.1, 0.15) is 55.5 Å². The van der Waals surface area contributed by atoms with Gasteiger partial charge in [-0.05, 0) is 71.5 Å². The topological polar surface area (TPSA) is 157 Å². The van der Waals surface area contributed by atoms with E-state index in [1.807, 2.05) is 41.3 Å². The molecule has 6 aromatic rings. The van der Waals surface area contributed by atoms with Gasteiger partial charge in [0.05, 0.1) is 29.9 Å². The first-order valence-electron chi connectivity index (χ1n) is 21.3. The molecule has 1 aliphatic heterocycles. The number of aliphatic imine (C=N–C) groups is 2. The summed E-state index contributed by atoms with van der Waals surface area (Å²) >= 11 is 13.6. The van der Waals surface area contributed by atoms with Crippen molar-refractivity contribution in [3.63, 3.8) is 0 Å². The third kappa shape index (κ3) is 11.9. The fourth-order valence-electron chi connectivity index (χ4n) is 7.67. The van der Waals surface area contributed by atoms with E-state index in [4.69, 9.17) is 46.9 Å². The molecule has 0 spiro atoms. The monoisotopic (exact) mass is 931 g/mol. The van der Waals surface area contributed by atoms with Gasteiger partial charge in [0.2, 0.25) is 0 Å². The number of rotatable bonds is 19. The number of carboxylic acid groups (broad SMARTS) is 1. The van der Waals surface area contributed by atoms with Crippen molar-refractivity contribution in [1.82, 2.24) is 14.9 Å². The quantitative estimate of drug-likeness (QED) is 0.0747. The molecule has 3 heterocycles. The van der Waals surface area contributed by atoms with Crippen LogP contribution in [0.5, 0.6) is 23.0 Å². The minimum atomic E-state index is -0.956. The van der Waals surface area contributed by atoms with Gasteiger partial charge in [-0.3, -0.25) is 29.6 Å². The van der Waals surface area contributed by atoms with Crippen LogP contribution in [0.1, 0.15) is 55.6 Å². The Morgan fingerprint density at radius 3 is 1.71 bits per heavy atom. The van der Waals surface area contributed by atoms with Crippen molar-refractivity contribution in [2.75, 3.05) is 33.9 Å². The zero-order valence-electron chi connectivity index (χ0n) is 37.2. The second-order valence-corrected chi connectivity index (χ2v) is 16.5. The van der Waals surface area contributed by atoms with Gasteiger partial charge < -0.3 is 33.9 Å². The summed E-state index contributed by atoms with van der Waals surface area (Å²) in [5.74, 6) is 0.853. The van der Waals surface area contributed by atoms with Gasteiger partial charge in [-0.25, -0.2) is 0 Å². The van der Waals surface area contributed by atoms with Crippen LogP contribution in [0.15, 0.2) is 108 Å². The van der Waals surface area contributed by atoms with Crippen LogP contribution < -0.4 is 18.9 Å². The number of aromatic nitrogens is 2. The fourth-order valence-corrected chi connectivity index (χ4v) is 8.15. The van der Waals surface area contributed by atoms with Crippen molar-refractivity contribution in [2.45, 2.75) is 59.5 Å². The molecule has 4 aromatic carbocycles. The Kier molecular flexibility index (Phi) is 16.4. The second-order valence-electron chi connectivity index (χ2n) is 15.7. The Balaban J connectivity index is 1.08. The van der Waals surface area contributed by atoms with Crippen LogP contribution in [0.3, 0.4) is 0 Å². The number of hydrogen-bond donors (Lipinski definition) is 2. The number of morpholine rings is 1. The zero-order valence-corrected chi connectivity index (χ0v) is 38.7. The molecular weight excluding hydrogens is 881 g/mol. The molecule has 1 fully saturated rings. The molecule has 2 N–H and O–H groups in total. The molecule has 1 aliphatic rings. The maximum Gasteiger partial charge on any atom is 0.323 e. The van der Waals surface area contributed by atoms with Crippen LogP contribution in [0.4, 0.5) is 0 Å². The Hall–Kier alpha value is -6.35. The molecular formula is C51H51Cl2N5O8. The number of ether oxygens (including phenoxy) is 5. The molecule has 0 aliphatic carbocycles. The number of aliphatic hydroxyl groups excluding tert-OH is 1. The van der Waals surface area contributed by atoms with Crippen molar-refractivity contribution < 1.29 is 38.7 Å². The van der Waals surface area contributed by atoms with E-state index in [-0.39, 0.29) is 46.2 Å². The van der Waals surface area contributed by atoms with Crippen LogP contribution in [-0.2, 0) is 49.1 Å². The van der Waals surface area contributed by atoms with E-state index in [1.165, 1.54) is 0 Å². The first-order valence-corrected chi connectivity index (χ1v) is 22.0.